The molecule has 0 bridgehead atoms. The molecule has 1 saturated heterocycles. The molecule has 9 heteroatoms. The maximum absolute atomic E-state index is 12.5. The third kappa shape index (κ3) is 6.29. The minimum Gasteiger partial charge on any atom is -0.490 e. The molecule has 2 aromatic rings. The van der Waals surface area contributed by atoms with Crippen molar-refractivity contribution in [2.45, 2.75) is 51.7 Å². The SMILES string of the molecule is CCOc1cc(-c2nnc(SCC(=O)N3CCCCCC3)o2)cc(OCC)c1OCC. The van der Waals surface area contributed by atoms with Crippen LogP contribution in [0.15, 0.2) is 21.8 Å². The van der Waals surface area contributed by atoms with Gasteiger partial charge in [0, 0.05) is 18.7 Å². The van der Waals surface area contributed by atoms with Crippen LogP contribution in [0.5, 0.6) is 17.2 Å². The molecule has 0 N–H and O–H groups in total. The number of nitrogens with zero attached hydrogens (tertiary/aromatic N) is 3. The zero-order valence-corrected chi connectivity index (χ0v) is 19.3. The van der Waals surface area contributed by atoms with Crippen molar-refractivity contribution in [3.05, 3.63) is 12.1 Å². The summed E-state index contributed by atoms with van der Waals surface area (Å²) in [5.74, 6) is 2.44. The number of carbonyl (C=O) groups excluding carboxylic acids is 1. The smallest absolute Gasteiger partial charge is 0.277 e. The van der Waals surface area contributed by atoms with Crippen LogP contribution < -0.4 is 14.2 Å². The molecule has 1 aromatic carbocycles. The lowest BCUT2D eigenvalue weighted by Crippen LogP contribution is -2.33. The van der Waals surface area contributed by atoms with Gasteiger partial charge in [-0.2, -0.15) is 0 Å². The van der Waals surface area contributed by atoms with Crippen LogP contribution in [0, 0.1) is 0 Å². The second-order valence-electron chi connectivity index (χ2n) is 7.06. The van der Waals surface area contributed by atoms with Crippen molar-refractivity contribution in [2.75, 3.05) is 38.7 Å². The number of rotatable bonds is 10. The second kappa shape index (κ2) is 11.8. The highest BCUT2D eigenvalue weighted by atomic mass is 32.2. The molecule has 1 amide bonds. The van der Waals surface area contributed by atoms with Gasteiger partial charge in [-0.05, 0) is 45.7 Å². The standard InChI is InChI=1S/C22H31N3O5S/c1-4-27-17-13-16(14-18(28-5-2)20(17)29-6-3)21-23-24-22(30-21)31-15-19(26)25-11-9-7-8-10-12-25/h13-14H,4-12,15H2,1-3H3. The zero-order valence-electron chi connectivity index (χ0n) is 18.5. The maximum atomic E-state index is 12.5. The van der Waals surface area contributed by atoms with Crippen LogP contribution in [0.4, 0.5) is 0 Å². The molecule has 0 saturated carbocycles. The summed E-state index contributed by atoms with van der Waals surface area (Å²) in [5.41, 5.74) is 0.675. The van der Waals surface area contributed by atoms with E-state index in [2.05, 4.69) is 10.2 Å². The van der Waals surface area contributed by atoms with Crippen molar-refractivity contribution >= 4 is 17.7 Å². The molecule has 31 heavy (non-hydrogen) atoms. The van der Waals surface area contributed by atoms with Crippen LogP contribution in [-0.2, 0) is 4.79 Å². The van der Waals surface area contributed by atoms with Gasteiger partial charge in [-0.25, -0.2) is 0 Å². The molecule has 0 atom stereocenters. The molecule has 3 rings (SSSR count). The highest BCUT2D eigenvalue weighted by Gasteiger charge is 2.20. The number of hydrogen-bond acceptors (Lipinski definition) is 8. The zero-order chi connectivity index (χ0) is 22.1. The summed E-state index contributed by atoms with van der Waals surface area (Å²) in [6.07, 6.45) is 4.53. The first-order chi connectivity index (χ1) is 15.2. The van der Waals surface area contributed by atoms with Gasteiger partial charge in [-0.15, -0.1) is 10.2 Å². The highest BCUT2D eigenvalue weighted by molar-refractivity contribution is 7.99. The Bertz CT molecular complexity index is 822. The van der Waals surface area contributed by atoms with Gasteiger partial charge in [0.05, 0.1) is 25.6 Å². The van der Waals surface area contributed by atoms with Gasteiger partial charge in [-0.3, -0.25) is 4.79 Å². The molecular weight excluding hydrogens is 418 g/mol. The summed E-state index contributed by atoms with van der Waals surface area (Å²) in [6, 6.07) is 3.61. The Hall–Kier alpha value is -2.42. The van der Waals surface area contributed by atoms with Crippen LogP contribution in [-0.4, -0.2) is 59.7 Å². The normalized spacial score (nSPS) is 14.2. The van der Waals surface area contributed by atoms with E-state index in [9.17, 15) is 4.79 Å². The van der Waals surface area contributed by atoms with Crippen LogP contribution in [0.2, 0.25) is 0 Å². The number of thioether (sulfide) groups is 1. The average Bonchev–Trinajstić information content (AvgIpc) is 3.07. The average molecular weight is 450 g/mol. The quantitative estimate of drug-likeness (QED) is 0.493. The Morgan fingerprint density at radius 2 is 1.58 bits per heavy atom. The maximum Gasteiger partial charge on any atom is 0.277 e. The van der Waals surface area contributed by atoms with E-state index in [0.717, 1.165) is 25.9 Å². The summed E-state index contributed by atoms with van der Waals surface area (Å²) in [6.45, 7) is 8.86. The number of ether oxygens (including phenoxy) is 3. The lowest BCUT2D eigenvalue weighted by atomic mass is 10.2. The van der Waals surface area contributed by atoms with Gasteiger partial charge < -0.3 is 23.5 Å². The highest BCUT2D eigenvalue weighted by Crippen LogP contribution is 2.42. The largest absolute Gasteiger partial charge is 0.490 e. The first kappa shape index (κ1) is 23.2. The van der Waals surface area contributed by atoms with E-state index >= 15 is 0 Å². The lowest BCUT2D eigenvalue weighted by Gasteiger charge is -2.19. The van der Waals surface area contributed by atoms with E-state index in [0.29, 0.717) is 59.5 Å². The fourth-order valence-electron chi connectivity index (χ4n) is 3.43. The van der Waals surface area contributed by atoms with Crippen molar-refractivity contribution in [3.8, 4) is 28.7 Å². The summed E-state index contributed by atoms with van der Waals surface area (Å²) in [4.78, 5) is 14.4. The molecule has 8 nitrogen and oxygen atoms in total. The third-order valence-electron chi connectivity index (χ3n) is 4.84. The summed E-state index contributed by atoms with van der Waals surface area (Å²) in [5, 5.41) is 8.62. The fraction of sp³-hybridized carbons (Fsp3) is 0.591. The predicted octanol–water partition coefficient (Wildman–Crippen LogP) is 4.43. The van der Waals surface area contributed by atoms with Gasteiger partial charge in [0.1, 0.15) is 0 Å². The van der Waals surface area contributed by atoms with E-state index in [-0.39, 0.29) is 5.91 Å². The molecular formula is C22H31N3O5S. The topological polar surface area (TPSA) is 86.9 Å². The number of likely N-dealkylation sites (tertiary alicyclic amines) is 1. The monoisotopic (exact) mass is 449 g/mol. The predicted molar refractivity (Wildman–Crippen MR) is 119 cm³/mol. The van der Waals surface area contributed by atoms with Gasteiger partial charge in [0.15, 0.2) is 11.5 Å². The third-order valence-corrected chi connectivity index (χ3v) is 5.64. The van der Waals surface area contributed by atoms with Gasteiger partial charge in [0.25, 0.3) is 5.22 Å². The minimum atomic E-state index is 0.116. The molecule has 0 aliphatic carbocycles. The molecule has 0 spiro atoms. The molecule has 2 heterocycles. The number of aromatic nitrogens is 2. The van der Waals surface area contributed by atoms with Crippen LogP contribution in [0.25, 0.3) is 11.5 Å². The lowest BCUT2D eigenvalue weighted by molar-refractivity contribution is -0.128. The summed E-state index contributed by atoms with van der Waals surface area (Å²) in [7, 11) is 0. The van der Waals surface area contributed by atoms with Crippen molar-refractivity contribution in [1.82, 2.24) is 15.1 Å². The molecule has 1 fully saturated rings. The van der Waals surface area contributed by atoms with E-state index in [1.807, 2.05) is 25.7 Å². The second-order valence-corrected chi connectivity index (χ2v) is 7.98. The van der Waals surface area contributed by atoms with E-state index in [1.165, 1.54) is 24.6 Å². The van der Waals surface area contributed by atoms with Crippen LogP contribution in [0.1, 0.15) is 46.5 Å². The molecule has 170 valence electrons. The summed E-state index contributed by atoms with van der Waals surface area (Å²) >= 11 is 1.27. The molecule has 1 aromatic heterocycles. The first-order valence-electron chi connectivity index (χ1n) is 11.0. The van der Waals surface area contributed by atoms with Crippen molar-refractivity contribution in [1.29, 1.82) is 0 Å². The van der Waals surface area contributed by atoms with Crippen molar-refractivity contribution in [2.24, 2.45) is 0 Å². The van der Waals surface area contributed by atoms with Crippen molar-refractivity contribution < 1.29 is 23.4 Å². The van der Waals surface area contributed by atoms with Crippen molar-refractivity contribution in [3.63, 3.8) is 0 Å². The first-order valence-corrected chi connectivity index (χ1v) is 12.0. The van der Waals surface area contributed by atoms with Crippen LogP contribution in [0.3, 0.4) is 0 Å². The molecule has 0 unspecified atom stereocenters. The Kier molecular flexibility index (Phi) is 8.87. The van der Waals surface area contributed by atoms with E-state index < -0.39 is 0 Å². The van der Waals surface area contributed by atoms with Gasteiger partial charge in [0.2, 0.25) is 17.5 Å². The Morgan fingerprint density at radius 1 is 0.968 bits per heavy atom. The number of amides is 1. The number of benzene rings is 1. The fourth-order valence-corrected chi connectivity index (χ4v) is 4.10. The molecule has 0 radical (unpaired) electrons. The number of carbonyl (C=O) groups is 1. The Morgan fingerprint density at radius 3 is 2.16 bits per heavy atom. The summed E-state index contributed by atoms with van der Waals surface area (Å²) < 4.78 is 23.1. The van der Waals surface area contributed by atoms with E-state index in [1.54, 1.807) is 12.1 Å². The Labute approximate surface area is 187 Å². The number of hydrogen-bond donors (Lipinski definition) is 0. The van der Waals surface area contributed by atoms with Crippen LogP contribution >= 0.6 is 11.8 Å². The van der Waals surface area contributed by atoms with E-state index in [4.69, 9.17) is 18.6 Å². The van der Waals surface area contributed by atoms with Gasteiger partial charge >= 0.3 is 0 Å². The Balaban J connectivity index is 1.73. The molecule has 1 aliphatic rings. The van der Waals surface area contributed by atoms with Gasteiger partial charge in [-0.1, -0.05) is 24.6 Å². The minimum absolute atomic E-state index is 0.116. The molecule has 1 aliphatic heterocycles.